The number of piperazine rings is 1. The van der Waals surface area contributed by atoms with E-state index in [1.165, 1.54) is 18.2 Å². The smallest absolute Gasteiger partial charge is 0.280 e. The number of fused-ring (bicyclic) bond motifs is 1. The van der Waals surface area contributed by atoms with Gasteiger partial charge in [-0.05, 0) is 50.6 Å². The Bertz CT molecular complexity index is 1930. The molecule has 0 atom stereocenters. The minimum Gasteiger partial charge on any atom is -0.336 e. The van der Waals surface area contributed by atoms with Gasteiger partial charge in [0.1, 0.15) is 23.5 Å². The fourth-order valence-corrected chi connectivity index (χ4v) is 6.67. The van der Waals surface area contributed by atoms with E-state index in [4.69, 9.17) is 10.7 Å². The third kappa shape index (κ3) is 7.22. The molecule has 0 radical (unpaired) electrons. The Balaban J connectivity index is 1.05. The van der Waals surface area contributed by atoms with Crippen LogP contribution >= 0.6 is 10.7 Å². The van der Waals surface area contributed by atoms with Crippen LogP contribution < -0.4 is 10.6 Å². The molecule has 1 aromatic carbocycles. The van der Waals surface area contributed by atoms with E-state index in [9.17, 15) is 13.2 Å². The number of nitrogens with one attached hydrogen (secondary N) is 3. The Morgan fingerprint density at radius 2 is 1.74 bits per heavy atom. The highest BCUT2D eigenvalue weighted by atomic mass is 35.7. The van der Waals surface area contributed by atoms with Crippen LogP contribution in [0.1, 0.15) is 34.6 Å². The van der Waals surface area contributed by atoms with E-state index in [2.05, 4.69) is 52.6 Å². The van der Waals surface area contributed by atoms with Gasteiger partial charge in [-0.15, -0.1) is 0 Å². The van der Waals surface area contributed by atoms with Gasteiger partial charge in [0.25, 0.3) is 15.0 Å². The lowest BCUT2D eigenvalue weighted by molar-refractivity contribution is 0.102. The maximum absolute atomic E-state index is 13.2. The largest absolute Gasteiger partial charge is 0.336 e. The van der Waals surface area contributed by atoms with Crippen molar-refractivity contribution in [2.24, 2.45) is 0 Å². The molecule has 46 heavy (non-hydrogen) atoms. The number of benzene rings is 1. The predicted octanol–water partition coefficient (Wildman–Crippen LogP) is 3.81. The van der Waals surface area contributed by atoms with Gasteiger partial charge >= 0.3 is 0 Å². The number of imidazole rings is 1. The third-order valence-electron chi connectivity index (χ3n) is 8.22. The number of hydrogen-bond donors (Lipinski definition) is 3. The normalized spacial score (nSPS) is 14.6. The molecule has 1 fully saturated rings. The van der Waals surface area contributed by atoms with Crippen LogP contribution in [-0.4, -0.2) is 91.6 Å². The molecule has 4 aromatic heterocycles. The van der Waals surface area contributed by atoms with Crippen molar-refractivity contribution < 1.29 is 13.2 Å². The minimum absolute atomic E-state index is 0.105. The van der Waals surface area contributed by atoms with Crippen LogP contribution in [-0.2, 0) is 28.7 Å². The molecule has 14 nitrogen and oxygen atoms in total. The van der Waals surface area contributed by atoms with Gasteiger partial charge in [0, 0.05) is 68.4 Å². The van der Waals surface area contributed by atoms with E-state index in [1.54, 1.807) is 17.7 Å². The van der Waals surface area contributed by atoms with Crippen molar-refractivity contribution in [2.45, 2.75) is 44.4 Å². The lowest BCUT2D eigenvalue weighted by Gasteiger charge is -2.32. The fraction of sp³-hybridized carbons (Fsp3) is 0.367. The number of H-pyrrole nitrogens is 1. The molecule has 242 valence electrons. The van der Waals surface area contributed by atoms with E-state index < -0.39 is 9.05 Å². The summed E-state index contributed by atoms with van der Waals surface area (Å²) in [5.74, 6) is 0.231. The molecular weight excluding hydrogens is 630 g/mol. The van der Waals surface area contributed by atoms with E-state index in [0.717, 1.165) is 56.6 Å². The van der Waals surface area contributed by atoms with E-state index in [1.807, 2.05) is 41.1 Å². The van der Waals surface area contributed by atoms with Crippen LogP contribution in [0.3, 0.4) is 0 Å². The van der Waals surface area contributed by atoms with Gasteiger partial charge in [-0.25, -0.2) is 23.4 Å². The summed E-state index contributed by atoms with van der Waals surface area (Å²) in [5.41, 5.74) is 3.95. The number of unbranched alkanes of at least 4 members (excludes halogenated alkanes) is 1. The second-order valence-electron chi connectivity index (χ2n) is 11.5. The fourth-order valence-electron chi connectivity index (χ4n) is 5.57. The molecule has 0 aliphatic carbocycles. The van der Waals surface area contributed by atoms with Crippen molar-refractivity contribution >= 4 is 53.9 Å². The second kappa shape index (κ2) is 13.6. The Labute approximate surface area is 271 Å². The summed E-state index contributed by atoms with van der Waals surface area (Å²) in [5, 5.41) is 13.8. The Morgan fingerprint density at radius 3 is 2.46 bits per heavy atom. The van der Waals surface area contributed by atoms with Crippen molar-refractivity contribution in [3.8, 4) is 0 Å². The number of halogens is 1. The highest BCUT2D eigenvalue weighted by Gasteiger charge is 2.20. The van der Waals surface area contributed by atoms with Gasteiger partial charge in [-0.2, -0.15) is 5.10 Å². The van der Waals surface area contributed by atoms with Crippen molar-refractivity contribution in [3.05, 3.63) is 72.3 Å². The summed E-state index contributed by atoms with van der Waals surface area (Å²) >= 11 is 0. The Kier molecular flexibility index (Phi) is 9.35. The third-order valence-corrected chi connectivity index (χ3v) is 9.52. The zero-order chi connectivity index (χ0) is 32.3. The van der Waals surface area contributed by atoms with Crippen LogP contribution in [0.2, 0.25) is 0 Å². The molecular formula is C30H36ClN11O3S. The maximum Gasteiger partial charge on any atom is 0.280 e. The van der Waals surface area contributed by atoms with Gasteiger partial charge in [0.15, 0.2) is 5.03 Å². The summed E-state index contributed by atoms with van der Waals surface area (Å²) in [6.07, 6.45) is 8.09. The van der Waals surface area contributed by atoms with Crippen LogP contribution in [0.5, 0.6) is 0 Å². The molecule has 0 spiro atoms. The molecule has 1 saturated heterocycles. The number of carbonyl (C=O) groups excluding carboxylic acids is 1. The number of aryl methyl sites for hydroxylation is 2. The molecule has 1 amide bonds. The number of carbonyl (C=O) groups is 1. The van der Waals surface area contributed by atoms with Gasteiger partial charge in [-0.3, -0.25) is 14.8 Å². The van der Waals surface area contributed by atoms with Crippen molar-refractivity contribution in [1.29, 1.82) is 0 Å². The van der Waals surface area contributed by atoms with E-state index in [0.29, 0.717) is 36.0 Å². The summed E-state index contributed by atoms with van der Waals surface area (Å²) in [7, 11) is 3.74. The molecule has 5 heterocycles. The molecule has 0 unspecified atom stereocenters. The summed E-state index contributed by atoms with van der Waals surface area (Å²) in [4.78, 5) is 30.8. The summed E-state index contributed by atoms with van der Waals surface area (Å²) < 4.78 is 27.1. The molecule has 16 heteroatoms. The average Bonchev–Trinajstić information content (AvgIpc) is 3.76. The van der Waals surface area contributed by atoms with Gasteiger partial charge in [-0.1, -0.05) is 12.1 Å². The molecule has 1 aliphatic rings. The van der Waals surface area contributed by atoms with Crippen molar-refractivity contribution in [1.82, 2.24) is 44.1 Å². The first-order chi connectivity index (χ1) is 22.2. The monoisotopic (exact) mass is 665 g/mol. The van der Waals surface area contributed by atoms with Crippen molar-refractivity contribution in [2.75, 3.05) is 43.9 Å². The van der Waals surface area contributed by atoms with E-state index in [-0.39, 0.29) is 16.6 Å². The van der Waals surface area contributed by atoms with Gasteiger partial charge in [0.2, 0.25) is 0 Å². The SMILES string of the molecule is Cc1c(S(=O)(=O)Cl)ncn1CCCCn1ccc2c(Nc3cn[nH]c3C(=O)Nc3ccc(CN4CCN(C)CC4)cc3)ncnc21. The Morgan fingerprint density at radius 1 is 1.00 bits per heavy atom. The number of likely N-dealkylation sites (N-methyl/N-ethyl adjacent to an activating group) is 1. The molecule has 0 bridgehead atoms. The van der Waals surface area contributed by atoms with E-state index >= 15 is 0 Å². The number of amides is 1. The number of aromatic nitrogens is 7. The molecule has 1 aliphatic heterocycles. The van der Waals surface area contributed by atoms with Gasteiger partial charge < -0.3 is 24.7 Å². The topological polar surface area (TPSA) is 159 Å². The molecule has 3 N–H and O–H groups in total. The van der Waals surface area contributed by atoms with Crippen LogP contribution in [0.15, 0.2) is 60.4 Å². The lowest BCUT2D eigenvalue weighted by Crippen LogP contribution is -2.43. The highest BCUT2D eigenvalue weighted by Crippen LogP contribution is 2.26. The lowest BCUT2D eigenvalue weighted by atomic mass is 10.1. The first-order valence-electron chi connectivity index (χ1n) is 15.0. The average molecular weight is 666 g/mol. The van der Waals surface area contributed by atoms with Crippen LogP contribution in [0.4, 0.5) is 17.2 Å². The quantitative estimate of drug-likeness (QED) is 0.132. The molecule has 6 rings (SSSR count). The molecule has 5 aromatic rings. The van der Waals surface area contributed by atoms with Crippen molar-refractivity contribution in [3.63, 3.8) is 0 Å². The number of anilines is 3. The maximum atomic E-state index is 13.2. The standard InChI is InChI=1S/C30H36ClN11O3S/c1-21-30(46(31,44)45)34-20-42(21)11-4-3-10-41-12-9-24-27(32-19-33-28(24)41)37-25-17-35-38-26(25)29(43)36-23-7-5-22(6-8-23)18-40-15-13-39(2)14-16-40/h5-9,12,17,19-20H,3-4,10-11,13-16,18H2,1-2H3,(H,35,38)(H,36,43)(H,32,33,37). The zero-order valence-electron chi connectivity index (χ0n) is 25.6. The zero-order valence-corrected chi connectivity index (χ0v) is 27.2. The summed E-state index contributed by atoms with van der Waals surface area (Å²) in [6.45, 7) is 8.13. The number of nitrogens with zero attached hydrogens (tertiary/aromatic N) is 8. The molecule has 0 saturated carbocycles. The van der Waals surface area contributed by atoms with Gasteiger partial charge in [0.05, 0.1) is 29.3 Å². The number of rotatable bonds is 12. The first kappa shape index (κ1) is 31.7. The highest BCUT2D eigenvalue weighted by molar-refractivity contribution is 8.13. The van der Waals surface area contributed by atoms with Crippen LogP contribution in [0, 0.1) is 6.92 Å². The second-order valence-corrected chi connectivity index (χ2v) is 13.9. The summed E-state index contributed by atoms with van der Waals surface area (Å²) in [6, 6.07) is 9.86. The Hall–Kier alpha value is -4.31. The minimum atomic E-state index is -3.87. The van der Waals surface area contributed by atoms with Crippen LogP contribution in [0.25, 0.3) is 11.0 Å². The first-order valence-corrected chi connectivity index (χ1v) is 17.3. The number of hydrogen-bond acceptors (Lipinski definition) is 10. The number of aromatic amines is 1. The predicted molar refractivity (Wildman–Crippen MR) is 176 cm³/mol.